The minimum Gasteiger partial charge on any atom is -0.484 e. The Kier molecular flexibility index (Phi) is 4.80. The number of piperazine rings is 1. The number of ether oxygens (including phenoxy) is 1. The van der Waals surface area contributed by atoms with Crippen molar-refractivity contribution in [2.45, 2.75) is 19.9 Å². The van der Waals surface area contributed by atoms with Crippen LogP contribution < -0.4 is 4.74 Å². The lowest BCUT2D eigenvalue weighted by atomic mass is 10.2. The van der Waals surface area contributed by atoms with Gasteiger partial charge in [0.15, 0.2) is 6.61 Å². The van der Waals surface area contributed by atoms with E-state index in [9.17, 15) is 4.79 Å². The molecular weight excluding hydrogens is 240 g/mol. The van der Waals surface area contributed by atoms with Crippen molar-refractivity contribution in [2.24, 2.45) is 0 Å². The highest BCUT2D eigenvalue weighted by atomic mass is 16.5. The van der Waals surface area contributed by atoms with Crippen molar-refractivity contribution in [2.75, 3.05) is 32.8 Å². The molecule has 0 saturated carbocycles. The van der Waals surface area contributed by atoms with Crippen LogP contribution in [0.25, 0.3) is 0 Å². The average Bonchev–Trinajstić information content (AvgIpc) is 2.46. The third-order valence-corrected chi connectivity index (χ3v) is 3.50. The summed E-state index contributed by atoms with van der Waals surface area (Å²) in [5.41, 5.74) is 0. The van der Waals surface area contributed by atoms with Crippen LogP contribution in [0, 0.1) is 0 Å². The first-order valence-electron chi connectivity index (χ1n) is 6.86. The first-order chi connectivity index (χ1) is 9.16. The van der Waals surface area contributed by atoms with Crippen molar-refractivity contribution in [1.82, 2.24) is 9.80 Å². The zero-order chi connectivity index (χ0) is 13.7. The molecule has 0 aliphatic carbocycles. The molecule has 1 aliphatic heterocycles. The van der Waals surface area contributed by atoms with Gasteiger partial charge in [-0.3, -0.25) is 9.69 Å². The van der Waals surface area contributed by atoms with Crippen molar-refractivity contribution >= 4 is 5.91 Å². The fraction of sp³-hybridized carbons (Fsp3) is 0.533. The fourth-order valence-corrected chi connectivity index (χ4v) is 2.24. The Balaban J connectivity index is 1.76. The fourth-order valence-electron chi connectivity index (χ4n) is 2.24. The molecule has 0 aromatic heterocycles. The Morgan fingerprint density at radius 1 is 1.16 bits per heavy atom. The van der Waals surface area contributed by atoms with E-state index in [1.54, 1.807) is 0 Å². The normalized spacial score (nSPS) is 16.7. The molecule has 4 heteroatoms. The summed E-state index contributed by atoms with van der Waals surface area (Å²) >= 11 is 0. The minimum atomic E-state index is 0.0762. The van der Waals surface area contributed by atoms with Gasteiger partial charge in [-0.25, -0.2) is 0 Å². The van der Waals surface area contributed by atoms with Gasteiger partial charge in [0.25, 0.3) is 5.91 Å². The minimum absolute atomic E-state index is 0.0762. The molecule has 0 radical (unpaired) electrons. The van der Waals surface area contributed by atoms with E-state index >= 15 is 0 Å². The first-order valence-corrected chi connectivity index (χ1v) is 6.86. The van der Waals surface area contributed by atoms with E-state index in [0.29, 0.717) is 6.04 Å². The van der Waals surface area contributed by atoms with Crippen molar-refractivity contribution < 1.29 is 9.53 Å². The van der Waals surface area contributed by atoms with Gasteiger partial charge in [0.05, 0.1) is 0 Å². The molecule has 0 spiro atoms. The summed E-state index contributed by atoms with van der Waals surface area (Å²) < 4.78 is 5.49. The second-order valence-electron chi connectivity index (χ2n) is 5.11. The molecule has 0 bridgehead atoms. The van der Waals surface area contributed by atoms with E-state index < -0.39 is 0 Å². The van der Waals surface area contributed by atoms with Crippen LogP contribution >= 0.6 is 0 Å². The van der Waals surface area contributed by atoms with Crippen LogP contribution in [-0.4, -0.2) is 54.5 Å². The number of carbonyl (C=O) groups excluding carboxylic acids is 1. The highest BCUT2D eigenvalue weighted by Gasteiger charge is 2.22. The predicted octanol–water partition coefficient (Wildman–Crippen LogP) is 1.62. The van der Waals surface area contributed by atoms with Gasteiger partial charge in [-0.1, -0.05) is 18.2 Å². The number of nitrogens with zero attached hydrogens (tertiary/aromatic N) is 2. The zero-order valence-corrected chi connectivity index (χ0v) is 11.7. The molecule has 19 heavy (non-hydrogen) atoms. The molecule has 2 rings (SSSR count). The summed E-state index contributed by atoms with van der Waals surface area (Å²) in [4.78, 5) is 16.3. The van der Waals surface area contributed by atoms with Crippen molar-refractivity contribution in [3.05, 3.63) is 30.3 Å². The highest BCUT2D eigenvalue weighted by Crippen LogP contribution is 2.10. The molecule has 1 aromatic carbocycles. The monoisotopic (exact) mass is 262 g/mol. The number of carbonyl (C=O) groups is 1. The molecular formula is C15H22N2O2. The number of benzene rings is 1. The summed E-state index contributed by atoms with van der Waals surface area (Å²) in [5.74, 6) is 0.823. The molecule has 4 nitrogen and oxygen atoms in total. The average molecular weight is 262 g/mol. The smallest absolute Gasteiger partial charge is 0.260 e. The molecule has 1 aromatic rings. The number of hydrogen-bond acceptors (Lipinski definition) is 3. The van der Waals surface area contributed by atoms with E-state index in [0.717, 1.165) is 31.9 Å². The molecule has 1 aliphatic rings. The van der Waals surface area contributed by atoms with Crippen LogP contribution in [0.4, 0.5) is 0 Å². The quantitative estimate of drug-likeness (QED) is 0.826. The van der Waals surface area contributed by atoms with Gasteiger partial charge in [0.1, 0.15) is 5.75 Å². The standard InChI is InChI=1S/C15H22N2O2/c1-13(2)16-8-10-17(11-9-16)15(18)12-19-14-6-4-3-5-7-14/h3-7,13H,8-12H2,1-2H3. The number of rotatable bonds is 4. The van der Waals surface area contributed by atoms with Crippen molar-refractivity contribution in [1.29, 1.82) is 0 Å². The van der Waals surface area contributed by atoms with Gasteiger partial charge in [-0.05, 0) is 26.0 Å². The van der Waals surface area contributed by atoms with Gasteiger partial charge in [0.2, 0.25) is 0 Å². The van der Waals surface area contributed by atoms with E-state index in [-0.39, 0.29) is 12.5 Å². The van der Waals surface area contributed by atoms with Crippen LogP contribution in [0.2, 0.25) is 0 Å². The number of amides is 1. The molecule has 1 amide bonds. The molecule has 0 atom stereocenters. The number of hydrogen-bond donors (Lipinski definition) is 0. The second kappa shape index (κ2) is 6.57. The number of para-hydroxylation sites is 1. The van der Waals surface area contributed by atoms with Crippen molar-refractivity contribution in [3.63, 3.8) is 0 Å². The highest BCUT2D eigenvalue weighted by molar-refractivity contribution is 5.77. The lowest BCUT2D eigenvalue weighted by molar-refractivity contribution is -0.135. The Hall–Kier alpha value is -1.55. The van der Waals surface area contributed by atoms with Gasteiger partial charge in [0, 0.05) is 32.2 Å². The van der Waals surface area contributed by atoms with Crippen LogP contribution in [0.1, 0.15) is 13.8 Å². The zero-order valence-electron chi connectivity index (χ0n) is 11.7. The molecule has 1 saturated heterocycles. The van der Waals surface area contributed by atoms with Crippen LogP contribution in [0.5, 0.6) is 5.75 Å². The van der Waals surface area contributed by atoms with Crippen LogP contribution in [0.3, 0.4) is 0 Å². The van der Waals surface area contributed by atoms with E-state index in [1.165, 1.54) is 0 Å². The lowest BCUT2D eigenvalue weighted by Crippen LogP contribution is -2.51. The molecule has 104 valence electrons. The molecule has 1 heterocycles. The third-order valence-electron chi connectivity index (χ3n) is 3.50. The Labute approximate surface area is 115 Å². The molecule has 0 N–H and O–H groups in total. The maximum atomic E-state index is 12.0. The van der Waals surface area contributed by atoms with Gasteiger partial charge < -0.3 is 9.64 Å². The van der Waals surface area contributed by atoms with Crippen molar-refractivity contribution in [3.8, 4) is 5.75 Å². The van der Waals surface area contributed by atoms with E-state index in [1.807, 2.05) is 35.2 Å². The molecule has 0 unspecified atom stereocenters. The van der Waals surface area contributed by atoms with E-state index in [2.05, 4.69) is 18.7 Å². The van der Waals surface area contributed by atoms with Crippen LogP contribution in [-0.2, 0) is 4.79 Å². The van der Waals surface area contributed by atoms with Gasteiger partial charge in [-0.2, -0.15) is 0 Å². The second-order valence-corrected chi connectivity index (χ2v) is 5.11. The summed E-state index contributed by atoms with van der Waals surface area (Å²) in [6, 6.07) is 10.0. The van der Waals surface area contributed by atoms with Gasteiger partial charge in [-0.15, -0.1) is 0 Å². The lowest BCUT2D eigenvalue weighted by Gasteiger charge is -2.36. The SMILES string of the molecule is CC(C)N1CCN(C(=O)COc2ccccc2)CC1. The topological polar surface area (TPSA) is 32.8 Å². The van der Waals surface area contributed by atoms with Crippen LogP contribution in [0.15, 0.2) is 30.3 Å². The Morgan fingerprint density at radius 2 is 1.79 bits per heavy atom. The first kappa shape index (κ1) is 13.9. The Bertz CT molecular complexity index is 398. The Morgan fingerprint density at radius 3 is 2.37 bits per heavy atom. The third kappa shape index (κ3) is 3.96. The maximum absolute atomic E-state index is 12.0. The van der Waals surface area contributed by atoms with Gasteiger partial charge >= 0.3 is 0 Å². The predicted molar refractivity (Wildman–Crippen MR) is 75.2 cm³/mol. The summed E-state index contributed by atoms with van der Waals surface area (Å²) in [6.07, 6.45) is 0. The summed E-state index contributed by atoms with van der Waals surface area (Å²) in [5, 5.41) is 0. The molecule has 1 fully saturated rings. The summed E-state index contributed by atoms with van der Waals surface area (Å²) in [6.45, 7) is 8.02. The maximum Gasteiger partial charge on any atom is 0.260 e. The van der Waals surface area contributed by atoms with E-state index in [4.69, 9.17) is 4.74 Å². The largest absolute Gasteiger partial charge is 0.484 e. The summed E-state index contributed by atoms with van der Waals surface area (Å²) in [7, 11) is 0.